The smallest absolute Gasteiger partial charge is 0.372 e. The second-order valence-electron chi connectivity index (χ2n) is 13.6. The van der Waals surface area contributed by atoms with Gasteiger partial charge >= 0.3 is 12.4 Å². The number of halogens is 8. The number of aliphatic imine (C=N–C) groups is 1. The molecule has 67 heavy (non-hydrogen) atoms. The summed E-state index contributed by atoms with van der Waals surface area (Å²) < 4.78 is 78.0. The van der Waals surface area contributed by atoms with E-state index in [-0.39, 0.29) is 23.1 Å². The fraction of sp³-hybridized carbons (Fsp3) is 0.200. The van der Waals surface area contributed by atoms with Crippen molar-refractivity contribution < 1.29 is 31.1 Å². The number of benzene rings is 2. The lowest BCUT2D eigenvalue weighted by Gasteiger charge is -2.11. The van der Waals surface area contributed by atoms with E-state index in [1.165, 1.54) is 7.05 Å². The highest BCUT2D eigenvalue weighted by Crippen LogP contribution is 2.36. The van der Waals surface area contributed by atoms with Crippen molar-refractivity contribution in [3.8, 4) is 45.3 Å². The first-order chi connectivity index (χ1) is 31.9. The third-order valence-electron chi connectivity index (χ3n) is 9.20. The maximum absolute atomic E-state index is 13.1. The number of alkyl halides is 6. The predicted octanol–water partition coefficient (Wildman–Crippen LogP) is 11.2. The number of hydrogen-bond donors (Lipinski definition) is 3. The van der Waals surface area contributed by atoms with Crippen molar-refractivity contribution in [2.75, 3.05) is 25.6 Å². The van der Waals surface area contributed by atoms with Gasteiger partial charge in [0.15, 0.2) is 11.6 Å². The molecule has 7 rings (SSSR count). The highest BCUT2D eigenvalue weighted by atomic mass is 35.5. The lowest BCUT2D eigenvalue weighted by molar-refractivity contribution is -0.138. The van der Waals surface area contributed by atoms with E-state index in [1.54, 1.807) is 54.6 Å². The van der Waals surface area contributed by atoms with E-state index in [0.717, 1.165) is 80.2 Å². The molecule has 1 amide bonds. The number of nitrogens with one attached hydrogen (secondary N) is 2. The summed E-state index contributed by atoms with van der Waals surface area (Å²) in [5, 5.41) is 12.3. The molecule has 0 unspecified atom stereocenters. The number of amidine groups is 1. The first-order valence-corrected chi connectivity index (χ1v) is 22.5. The number of thioether (sulfide) groups is 2. The van der Waals surface area contributed by atoms with E-state index < -0.39 is 23.5 Å². The van der Waals surface area contributed by atoms with Crippen molar-refractivity contribution in [2.24, 2.45) is 17.9 Å². The van der Waals surface area contributed by atoms with Gasteiger partial charge in [0.2, 0.25) is 0 Å². The monoisotopic (exact) mass is 999 g/mol. The van der Waals surface area contributed by atoms with Crippen LogP contribution >= 0.6 is 46.7 Å². The number of carbonyl (C=O) groups excluding carboxylic acids is 1. The van der Waals surface area contributed by atoms with Gasteiger partial charge in [-0.05, 0) is 83.3 Å². The average Bonchev–Trinajstić information content (AvgIpc) is 3.70. The third kappa shape index (κ3) is 13.8. The summed E-state index contributed by atoms with van der Waals surface area (Å²) in [5.74, 6) is 7.42. The molecular weight excluding hydrogens is 960 g/mol. The van der Waals surface area contributed by atoms with Gasteiger partial charge in [0.05, 0.1) is 11.1 Å². The molecule has 0 aliphatic heterocycles. The van der Waals surface area contributed by atoms with Gasteiger partial charge in [0, 0.05) is 76.9 Å². The summed E-state index contributed by atoms with van der Waals surface area (Å²) in [7, 11) is 4.74. The van der Waals surface area contributed by atoms with E-state index in [4.69, 9.17) is 29.0 Å². The van der Waals surface area contributed by atoms with Crippen molar-refractivity contribution in [3.05, 3.63) is 142 Å². The van der Waals surface area contributed by atoms with Crippen molar-refractivity contribution in [1.29, 1.82) is 0 Å². The van der Waals surface area contributed by atoms with Crippen molar-refractivity contribution in [1.82, 2.24) is 45.4 Å². The SMILES string of the molecule is CCSc1cc(-c2ccc(Cl)cc2)cnc1-c1nnc(-c2cc(C(F)(F)F)ccn2)n1C.CCSc1cc(-c2ccc(Cl)cc2)cnc1C(=O)NN.CN=C(NC)c1cc(C(F)(F)F)ccn1. The van der Waals surface area contributed by atoms with Gasteiger partial charge in [0.1, 0.15) is 28.6 Å². The second-order valence-corrected chi connectivity index (χ2v) is 17.1. The van der Waals surface area contributed by atoms with Crippen LogP contribution in [0.25, 0.3) is 45.3 Å². The topological polar surface area (TPSA) is 162 Å². The molecule has 4 N–H and O–H groups in total. The number of hydrogen-bond acceptors (Lipinski definition) is 11. The first-order valence-electron chi connectivity index (χ1n) is 19.8. The molecule has 350 valence electrons. The average molecular weight is 1000 g/mol. The Morgan fingerprint density at radius 2 is 1.21 bits per heavy atom. The number of carbonyl (C=O) groups is 1. The zero-order valence-electron chi connectivity index (χ0n) is 36.2. The lowest BCUT2D eigenvalue weighted by atomic mass is 10.1. The van der Waals surface area contributed by atoms with Crippen molar-refractivity contribution in [3.63, 3.8) is 0 Å². The molecule has 7 aromatic rings. The van der Waals surface area contributed by atoms with Crippen molar-refractivity contribution in [2.45, 2.75) is 36.0 Å². The van der Waals surface area contributed by atoms with Gasteiger partial charge in [-0.3, -0.25) is 30.2 Å². The molecule has 0 bridgehead atoms. The number of hydrazine groups is 1. The molecule has 0 saturated heterocycles. The van der Waals surface area contributed by atoms with Gasteiger partial charge in [-0.25, -0.2) is 10.8 Å². The number of amides is 1. The Morgan fingerprint density at radius 1 is 0.701 bits per heavy atom. The summed E-state index contributed by atoms with van der Waals surface area (Å²) in [4.78, 5) is 33.8. The van der Waals surface area contributed by atoms with Crippen LogP contribution in [0.1, 0.15) is 41.2 Å². The van der Waals surface area contributed by atoms with Crippen LogP contribution in [0.15, 0.2) is 124 Å². The van der Waals surface area contributed by atoms with Gasteiger partial charge in [-0.2, -0.15) is 26.3 Å². The minimum absolute atomic E-state index is 0.0866. The summed E-state index contributed by atoms with van der Waals surface area (Å²) >= 11 is 15.0. The van der Waals surface area contributed by atoms with Gasteiger partial charge in [-0.15, -0.1) is 33.7 Å². The zero-order valence-corrected chi connectivity index (χ0v) is 39.4. The standard InChI is InChI=1S/C22H17ClF3N5S.C14H14ClN3OS.C9H10F3N3/c1-3-32-18-10-14(13-4-6-16(23)7-5-13)12-28-19(18)21-30-29-20(31(21)2)17-11-15(8-9-27-17)22(24,25)26;1-2-20-12-7-10(8-17-13(12)14(19)18-16)9-3-5-11(15)6-4-9;1-13-8(14-2)7-5-6(3-4-15-7)9(10,11)12/h4-12H,3H2,1-2H3;3-8H,2,16H2,1H3,(H,18,19);3-5H,1-2H3,(H,13,14). The number of pyridine rings is 4. The molecule has 5 aromatic heterocycles. The van der Waals surface area contributed by atoms with Crippen LogP contribution in [-0.4, -0.2) is 72.0 Å². The lowest BCUT2D eigenvalue weighted by Crippen LogP contribution is -2.31. The number of nitrogen functional groups attached to an aromatic ring is 1. The van der Waals surface area contributed by atoms with E-state index in [0.29, 0.717) is 33.1 Å². The number of rotatable bonds is 10. The second kappa shape index (κ2) is 23.6. The fourth-order valence-corrected chi connectivity index (χ4v) is 7.86. The Balaban J connectivity index is 0.000000205. The molecule has 0 saturated carbocycles. The Hall–Kier alpha value is -6.06. The van der Waals surface area contributed by atoms with E-state index in [9.17, 15) is 31.1 Å². The van der Waals surface area contributed by atoms with Gasteiger partial charge < -0.3 is 9.88 Å². The molecule has 0 aliphatic carbocycles. The van der Waals surface area contributed by atoms with Gasteiger partial charge in [0.25, 0.3) is 5.91 Å². The van der Waals surface area contributed by atoms with Crippen LogP contribution in [0.3, 0.4) is 0 Å². The highest BCUT2D eigenvalue weighted by molar-refractivity contribution is 7.99. The molecule has 12 nitrogen and oxygen atoms in total. The number of nitrogens with two attached hydrogens (primary N) is 1. The Morgan fingerprint density at radius 3 is 1.73 bits per heavy atom. The largest absolute Gasteiger partial charge is 0.416 e. The third-order valence-corrected chi connectivity index (χ3v) is 11.5. The summed E-state index contributed by atoms with van der Waals surface area (Å²) in [5.41, 5.74) is 5.62. The highest BCUT2D eigenvalue weighted by Gasteiger charge is 2.32. The van der Waals surface area contributed by atoms with Crippen LogP contribution in [-0.2, 0) is 19.4 Å². The molecule has 0 atom stereocenters. The fourth-order valence-electron chi connectivity index (χ4n) is 6.01. The van der Waals surface area contributed by atoms with E-state index in [1.807, 2.05) is 74.5 Å². The molecule has 0 radical (unpaired) electrons. The molecule has 0 aliphatic rings. The number of aromatic nitrogens is 7. The Kier molecular flexibility index (Phi) is 18.3. The molecule has 5 heterocycles. The molecule has 2 aromatic carbocycles. The van der Waals surface area contributed by atoms with Gasteiger partial charge in [-0.1, -0.05) is 61.3 Å². The normalized spacial score (nSPS) is 11.5. The minimum Gasteiger partial charge on any atom is -0.372 e. The number of nitrogens with zero attached hydrogens (tertiary/aromatic N) is 8. The summed E-state index contributed by atoms with van der Waals surface area (Å²) in [6.45, 7) is 4.04. The minimum atomic E-state index is -4.47. The summed E-state index contributed by atoms with van der Waals surface area (Å²) in [6.07, 6.45) is -3.21. The quantitative estimate of drug-likeness (QED) is 0.0227. The van der Waals surface area contributed by atoms with Crippen LogP contribution in [0.4, 0.5) is 26.3 Å². The van der Waals surface area contributed by atoms with Crippen LogP contribution in [0.5, 0.6) is 0 Å². The maximum Gasteiger partial charge on any atom is 0.416 e. The summed E-state index contributed by atoms with van der Waals surface area (Å²) in [6, 6.07) is 22.7. The van der Waals surface area contributed by atoms with Crippen LogP contribution in [0.2, 0.25) is 10.0 Å². The zero-order chi connectivity index (χ0) is 48.9. The van der Waals surface area contributed by atoms with Crippen LogP contribution in [0, 0.1) is 0 Å². The molecule has 0 spiro atoms. The Bertz CT molecular complexity index is 2810. The predicted molar refractivity (Wildman–Crippen MR) is 253 cm³/mol. The van der Waals surface area contributed by atoms with E-state index in [2.05, 4.69) is 45.9 Å². The molecular formula is C45H41Cl2F6N11OS2. The first kappa shape index (κ1) is 51.9. The van der Waals surface area contributed by atoms with Crippen molar-refractivity contribution >= 4 is 58.5 Å². The molecule has 0 fully saturated rings. The Labute approximate surface area is 400 Å². The molecule has 22 heteroatoms. The van der Waals surface area contributed by atoms with Crippen LogP contribution < -0.4 is 16.6 Å². The maximum atomic E-state index is 13.1. The van der Waals surface area contributed by atoms with E-state index >= 15 is 0 Å².